The molecule has 0 aromatic rings. The highest BCUT2D eigenvalue weighted by molar-refractivity contribution is 5.79. The van der Waals surface area contributed by atoms with Crippen molar-refractivity contribution < 1.29 is 23.8 Å². The maximum absolute atomic E-state index is 12.4. The van der Waals surface area contributed by atoms with Crippen molar-refractivity contribution in [2.24, 2.45) is 34.5 Å². The zero-order valence-corrected chi connectivity index (χ0v) is 15.3. The summed E-state index contributed by atoms with van der Waals surface area (Å²) in [5.74, 6) is 1.57. The minimum atomic E-state index is -0.348. The van der Waals surface area contributed by atoms with Crippen LogP contribution >= 0.6 is 0 Å². The van der Waals surface area contributed by atoms with E-state index in [9.17, 15) is 9.59 Å². The lowest BCUT2D eigenvalue weighted by Crippen LogP contribution is -2.57. The molecule has 0 aromatic heterocycles. The first-order valence-corrected chi connectivity index (χ1v) is 9.87. The molecular formula is C20H28O5. The summed E-state index contributed by atoms with van der Waals surface area (Å²) in [4.78, 5) is 23.8. The first kappa shape index (κ1) is 16.1. The maximum atomic E-state index is 12.4. The van der Waals surface area contributed by atoms with Gasteiger partial charge in [-0.05, 0) is 68.6 Å². The van der Waals surface area contributed by atoms with E-state index in [1.807, 2.05) is 0 Å². The molecule has 9 atom stereocenters. The van der Waals surface area contributed by atoms with Crippen molar-refractivity contribution in [1.29, 1.82) is 0 Å². The molecule has 0 bridgehead atoms. The zero-order valence-electron chi connectivity index (χ0n) is 15.3. The largest absolute Gasteiger partial charge is 0.463 e. The Balaban J connectivity index is 1.45. The summed E-state index contributed by atoms with van der Waals surface area (Å²) in [6, 6.07) is 0. The van der Waals surface area contributed by atoms with Gasteiger partial charge >= 0.3 is 11.9 Å². The third-order valence-electron chi connectivity index (χ3n) is 8.49. The highest BCUT2D eigenvalue weighted by Crippen LogP contribution is 2.68. The molecule has 0 spiro atoms. The van der Waals surface area contributed by atoms with Gasteiger partial charge in [0.05, 0.1) is 11.5 Å². The molecule has 5 aliphatic rings. The third kappa shape index (κ3) is 1.99. The molecule has 25 heavy (non-hydrogen) atoms. The highest BCUT2D eigenvalue weighted by Gasteiger charge is 2.71. The Morgan fingerprint density at radius 2 is 2.00 bits per heavy atom. The van der Waals surface area contributed by atoms with E-state index in [4.69, 9.17) is 14.2 Å². The van der Waals surface area contributed by atoms with Crippen LogP contribution in [0.25, 0.3) is 0 Å². The van der Waals surface area contributed by atoms with Crippen molar-refractivity contribution >= 4 is 11.9 Å². The summed E-state index contributed by atoms with van der Waals surface area (Å²) < 4.78 is 17.4. The predicted molar refractivity (Wildman–Crippen MR) is 88.2 cm³/mol. The van der Waals surface area contributed by atoms with Crippen LogP contribution in [-0.4, -0.2) is 30.4 Å². The van der Waals surface area contributed by atoms with Gasteiger partial charge in [-0.2, -0.15) is 0 Å². The van der Waals surface area contributed by atoms with Crippen LogP contribution in [0.5, 0.6) is 0 Å². The first-order chi connectivity index (χ1) is 11.8. The van der Waals surface area contributed by atoms with Crippen LogP contribution in [0.1, 0.15) is 59.3 Å². The molecule has 5 heteroatoms. The minimum absolute atomic E-state index is 0.0507. The summed E-state index contributed by atoms with van der Waals surface area (Å²) >= 11 is 0. The van der Waals surface area contributed by atoms with E-state index >= 15 is 0 Å². The van der Waals surface area contributed by atoms with E-state index in [1.54, 1.807) is 0 Å². The molecule has 138 valence electrons. The van der Waals surface area contributed by atoms with E-state index < -0.39 is 0 Å². The van der Waals surface area contributed by atoms with Crippen LogP contribution in [-0.2, 0) is 23.8 Å². The number of ether oxygens (including phenoxy) is 3. The molecule has 1 unspecified atom stereocenters. The summed E-state index contributed by atoms with van der Waals surface area (Å²) in [6.07, 6.45) is 5.95. The highest BCUT2D eigenvalue weighted by atomic mass is 16.7. The molecule has 0 amide bonds. The normalized spacial score (nSPS) is 56.0. The second-order valence-corrected chi connectivity index (χ2v) is 9.56. The molecule has 2 aliphatic heterocycles. The first-order valence-electron chi connectivity index (χ1n) is 9.87. The van der Waals surface area contributed by atoms with Crippen LogP contribution in [0, 0.1) is 34.5 Å². The Hall–Kier alpha value is -1.10. The van der Waals surface area contributed by atoms with Gasteiger partial charge in [-0.3, -0.25) is 9.59 Å². The van der Waals surface area contributed by atoms with E-state index in [0.717, 1.165) is 38.5 Å². The van der Waals surface area contributed by atoms with Crippen molar-refractivity contribution in [2.75, 3.05) is 0 Å². The van der Waals surface area contributed by atoms with Gasteiger partial charge in [0, 0.05) is 12.8 Å². The molecule has 0 N–H and O–H groups in total. The second-order valence-electron chi connectivity index (χ2n) is 9.56. The lowest BCUT2D eigenvalue weighted by Gasteiger charge is -2.59. The molecule has 5 fully saturated rings. The van der Waals surface area contributed by atoms with Crippen molar-refractivity contribution in [3.8, 4) is 0 Å². The van der Waals surface area contributed by atoms with Gasteiger partial charge in [-0.1, -0.05) is 6.92 Å². The lowest BCUT2D eigenvalue weighted by atomic mass is 9.45. The van der Waals surface area contributed by atoms with Crippen molar-refractivity contribution in [1.82, 2.24) is 0 Å². The molecule has 0 aromatic carbocycles. The van der Waals surface area contributed by atoms with Gasteiger partial charge < -0.3 is 14.2 Å². The number of fused-ring (bicyclic) bond motifs is 2. The van der Waals surface area contributed by atoms with Gasteiger partial charge in [0.25, 0.3) is 0 Å². The van der Waals surface area contributed by atoms with Gasteiger partial charge in [-0.25, -0.2) is 0 Å². The molecule has 0 radical (unpaired) electrons. The summed E-state index contributed by atoms with van der Waals surface area (Å²) in [7, 11) is 0. The van der Waals surface area contributed by atoms with Crippen LogP contribution in [0.2, 0.25) is 0 Å². The summed E-state index contributed by atoms with van der Waals surface area (Å²) in [5.41, 5.74) is -0.0816. The Labute approximate surface area is 148 Å². The molecule has 3 saturated carbocycles. The van der Waals surface area contributed by atoms with Crippen LogP contribution in [0.3, 0.4) is 0 Å². The fraction of sp³-hybridized carbons (Fsp3) is 0.900. The maximum Gasteiger partial charge on any atom is 0.314 e. The Bertz CT molecular complexity index is 632. The van der Waals surface area contributed by atoms with Gasteiger partial charge in [0.1, 0.15) is 6.10 Å². The number of carbonyl (C=O) groups is 2. The van der Waals surface area contributed by atoms with Crippen molar-refractivity contribution in [3.63, 3.8) is 0 Å². The summed E-state index contributed by atoms with van der Waals surface area (Å²) in [6.45, 7) is 6.03. The predicted octanol–water partition coefficient (Wildman–Crippen LogP) is 3.06. The second kappa shape index (κ2) is 4.99. The molecule has 2 heterocycles. The third-order valence-corrected chi connectivity index (χ3v) is 8.49. The Morgan fingerprint density at radius 3 is 2.76 bits per heavy atom. The standard InChI is InChI=1S/C20H28O5/c1-10(21)23-12-4-6-19(2)11(8-12)9-14-15-13(19)5-7-20(3)16(15)17(24-14)25-18(20)22/h11-17H,4-9H2,1-3H3/t11-,12+,13-,14-,15?,16-,17+,19-,20-/m0/s1. The number of esters is 2. The Morgan fingerprint density at radius 1 is 1.20 bits per heavy atom. The molecule has 3 aliphatic carbocycles. The van der Waals surface area contributed by atoms with Crippen molar-refractivity contribution in [3.05, 3.63) is 0 Å². The molecule has 2 saturated heterocycles. The minimum Gasteiger partial charge on any atom is -0.463 e. The number of carbonyl (C=O) groups excluding carboxylic acids is 2. The fourth-order valence-electron chi connectivity index (χ4n) is 7.23. The monoisotopic (exact) mass is 348 g/mol. The molecular weight excluding hydrogens is 320 g/mol. The van der Waals surface area contributed by atoms with Gasteiger partial charge in [-0.15, -0.1) is 0 Å². The summed E-state index contributed by atoms with van der Waals surface area (Å²) in [5, 5.41) is 0. The average molecular weight is 348 g/mol. The van der Waals surface area contributed by atoms with E-state index in [1.165, 1.54) is 6.92 Å². The number of hydrogen-bond acceptors (Lipinski definition) is 5. The average Bonchev–Trinajstić information content (AvgIpc) is 3.01. The van der Waals surface area contributed by atoms with Crippen molar-refractivity contribution in [2.45, 2.75) is 77.8 Å². The topological polar surface area (TPSA) is 61.8 Å². The zero-order chi connectivity index (χ0) is 17.6. The Kier molecular flexibility index (Phi) is 3.22. The van der Waals surface area contributed by atoms with Gasteiger partial charge in [0.15, 0.2) is 0 Å². The van der Waals surface area contributed by atoms with Crippen LogP contribution in [0.15, 0.2) is 0 Å². The molecule has 5 rings (SSSR count). The van der Waals surface area contributed by atoms with E-state index in [-0.39, 0.29) is 47.2 Å². The van der Waals surface area contributed by atoms with Crippen LogP contribution < -0.4 is 0 Å². The molecule has 5 nitrogen and oxygen atoms in total. The number of hydrogen-bond donors (Lipinski definition) is 0. The van der Waals surface area contributed by atoms with E-state index in [2.05, 4.69) is 13.8 Å². The quantitative estimate of drug-likeness (QED) is 0.682. The SMILES string of the molecule is CC(=O)O[C@@H]1CC[C@@]2(C)[C@@H](C1)C[C@@H]1O[C@@H]3OC(=O)[C@@]4(C)CC[C@H]2C1[C@@H]34. The lowest BCUT2D eigenvalue weighted by molar-refractivity contribution is -0.184. The fourth-order valence-corrected chi connectivity index (χ4v) is 7.23. The van der Waals surface area contributed by atoms with E-state index in [0.29, 0.717) is 17.8 Å². The number of rotatable bonds is 1. The van der Waals surface area contributed by atoms with Crippen LogP contribution in [0.4, 0.5) is 0 Å². The van der Waals surface area contributed by atoms with Gasteiger partial charge in [0.2, 0.25) is 6.29 Å². The smallest absolute Gasteiger partial charge is 0.314 e.